The minimum Gasteiger partial charge on any atom is -0.425 e. The minimum absolute atomic E-state index is 0.139. The molecule has 1 amide bonds. The van der Waals surface area contributed by atoms with E-state index in [1.807, 2.05) is 30.5 Å². The first-order valence-electron chi connectivity index (χ1n) is 9.11. The van der Waals surface area contributed by atoms with Crippen molar-refractivity contribution in [1.29, 1.82) is 0 Å². The third-order valence-corrected chi connectivity index (χ3v) is 6.10. The molecule has 7 nitrogen and oxygen atoms in total. The number of hydrogen-bond acceptors (Lipinski definition) is 5. The number of hydrogen-bond donors (Lipinski definition) is 0. The van der Waals surface area contributed by atoms with Crippen LogP contribution in [0.4, 0.5) is 0 Å². The van der Waals surface area contributed by atoms with Crippen LogP contribution in [0.5, 0.6) is 0 Å². The van der Waals surface area contributed by atoms with E-state index in [0.717, 1.165) is 49.4 Å². The van der Waals surface area contributed by atoms with Gasteiger partial charge in [0, 0.05) is 37.8 Å². The molecular weight excluding hydrogens is 318 g/mol. The maximum atomic E-state index is 12.9. The lowest BCUT2D eigenvalue weighted by molar-refractivity contribution is -0.129. The van der Waals surface area contributed by atoms with Gasteiger partial charge in [0.15, 0.2) is 0 Å². The van der Waals surface area contributed by atoms with Crippen molar-refractivity contribution in [3.8, 4) is 0 Å². The molecule has 3 heterocycles. The molecule has 0 spiro atoms. The average Bonchev–Trinajstić information content (AvgIpc) is 3.33. The van der Waals surface area contributed by atoms with Gasteiger partial charge in [-0.05, 0) is 25.7 Å². The van der Waals surface area contributed by atoms with Crippen LogP contribution in [0.3, 0.4) is 0 Å². The van der Waals surface area contributed by atoms with Crippen molar-refractivity contribution in [2.45, 2.75) is 51.4 Å². The van der Waals surface area contributed by atoms with Gasteiger partial charge in [-0.15, -0.1) is 10.2 Å². The van der Waals surface area contributed by atoms with Crippen LogP contribution in [0.1, 0.15) is 49.2 Å². The molecule has 2 aromatic heterocycles. The molecule has 134 valence electrons. The van der Waals surface area contributed by atoms with Gasteiger partial charge in [-0.25, -0.2) is 0 Å². The molecule has 0 unspecified atom stereocenters. The van der Waals surface area contributed by atoms with E-state index in [-0.39, 0.29) is 11.3 Å². The van der Waals surface area contributed by atoms with Gasteiger partial charge in [0.25, 0.3) is 0 Å². The van der Waals surface area contributed by atoms with E-state index in [1.165, 1.54) is 0 Å². The summed E-state index contributed by atoms with van der Waals surface area (Å²) in [6, 6.07) is 0. The Kier molecular flexibility index (Phi) is 3.89. The highest BCUT2D eigenvalue weighted by Gasteiger charge is 2.54. The van der Waals surface area contributed by atoms with Crippen molar-refractivity contribution in [3.05, 3.63) is 29.2 Å². The highest BCUT2D eigenvalue weighted by atomic mass is 16.4. The fourth-order valence-electron chi connectivity index (χ4n) is 4.42. The van der Waals surface area contributed by atoms with Gasteiger partial charge in [-0.3, -0.25) is 9.48 Å². The number of carbonyl (C=O) groups is 1. The van der Waals surface area contributed by atoms with Crippen molar-refractivity contribution < 1.29 is 9.21 Å². The number of aromatic nitrogens is 4. The number of aryl methyl sites for hydroxylation is 2. The van der Waals surface area contributed by atoms with Gasteiger partial charge in [0.05, 0.1) is 18.0 Å². The Balaban J connectivity index is 1.54. The van der Waals surface area contributed by atoms with Crippen LogP contribution < -0.4 is 0 Å². The van der Waals surface area contributed by atoms with E-state index < -0.39 is 0 Å². The Morgan fingerprint density at radius 1 is 1.44 bits per heavy atom. The molecule has 4 rings (SSSR count). The van der Waals surface area contributed by atoms with E-state index >= 15 is 0 Å². The molecular formula is C18H25N5O2. The smallest absolute Gasteiger partial charge is 0.227 e. The lowest BCUT2D eigenvalue weighted by atomic mass is 9.80. The molecule has 2 atom stereocenters. The van der Waals surface area contributed by atoms with Gasteiger partial charge in [0.1, 0.15) is 0 Å². The van der Waals surface area contributed by atoms with Crippen LogP contribution in [0, 0.1) is 12.8 Å². The van der Waals surface area contributed by atoms with E-state index in [1.54, 1.807) is 6.20 Å². The second-order valence-corrected chi connectivity index (χ2v) is 7.43. The molecule has 0 radical (unpaired) electrons. The van der Waals surface area contributed by atoms with Crippen LogP contribution in [0.15, 0.2) is 10.6 Å². The Morgan fingerprint density at radius 2 is 2.28 bits per heavy atom. The van der Waals surface area contributed by atoms with E-state index in [0.29, 0.717) is 24.8 Å². The number of likely N-dealkylation sites (tertiary alicyclic amines) is 1. The number of fused-ring (bicyclic) bond motifs is 1. The Hall–Kier alpha value is -2.18. The van der Waals surface area contributed by atoms with Crippen molar-refractivity contribution in [2.75, 3.05) is 13.1 Å². The normalized spacial score (nSPS) is 25.6. The van der Waals surface area contributed by atoms with Crippen LogP contribution in [0.25, 0.3) is 0 Å². The topological polar surface area (TPSA) is 77.1 Å². The van der Waals surface area contributed by atoms with E-state index in [9.17, 15) is 4.79 Å². The second kappa shape index (κ2) is 5.97. The third-order valence-electron chi connectivity index (χ3n) is 6.10. The summed E-state index contributed by atoms with van der Waals surface area (Å²) in [4.78, 5) is 14.9. The summed E-state index contributed by atoms with van der Waals surface area (Å²) in [6.45, 7) is 5.51. The molecule has 1 saturated carbocycles. The molecule has 2 aromatic rings. The first kappa shape index (κ1) is 16.3. The van der Waals surface area contributed by atoms with E-state index in [4.69, 9.17) is 4.42 Å². The largest absolute Gasteiger partial charge is 0.425 e. The first-order valence-corrected chi connectivity index (χ1v) is 9.11. The second-order valence-electron chi connectivity index (χ2n) is 7.43. The number of nitrogens with zero attached hydrogens (tertiary/aromatic N) is 5. The molecule has 0 N–H and O–H groups in total. The quantitative estimate of drug-likeness (QED) is 0.846. The van der Waals surface area contributed by atoms with Gasteiger partial charge in [-0.1, -0.05) is 13.3 Å². The Morgan fingerprint density at radius 3 is 2.96 bits per heavy atom. The van der Waals surface area contributed by atoms with Gasteiger partial charge in [0.2, 0.25) is 17.7 Å². The molecule has 1 saturated heterocycles. The summed E-state index contributed by atoms with van der Waals surface area (Å²) in [7, 11) is 1.90. The summed E-state index contributed by atoms with van der Waals surface area (Å²) in [6.07, 6.45) is 6.27. The summed E-state index contributed by atoms with van der Waals surface area (Å²) < 4.78 is 7.73. The molecule has 2 fully saturated rings. The molecule has 1 aliphatic heterocycles. The van der Waals surface area contributed by atoms with Gasteiger partial charge in [-0.2, -0.15) is 5.10 Å². The van der Waals surface area contributed by atoms with Gasteiger partial charge < -0.3 is 9.32 Å². The summed E-state index contributed by atoms with van der Waals surface area (Å²) >= 11 is 0. The number of carbonyl (C=O) groups excluding carboxylic acids is 1. The summed E-state index contributed by atoms with van der Waals surface area (Å²) in [5, 5.41) is 12.7. The van der Waals surface area contributed by atoms with Crippen molar-refractivity contribution in [2.24, 2.45) is 13.0 Å². The zero-order chi connectivity index (χ0) is 17.6. The van der Waals surface area contributed by atoms with Crippen LogP contribution in [0.2, 0.25) is 0 Å². The maximum Gasteiger partial charge on any atom is 0.227 e. The molecule has 7 heteroatoms. The molecule has 25 heavy (non-hydrogen) atoms. The predicted octanol–water partition coefficient (Wildman–Crippen LogP) is 1.80. The van der Waals surface area contributed by atoms with Crippen molar-refractivity contribution >= 4 is 5.91 Å². The van der Waals surface area contributed by atoms with Crippen molar-refractivity contribution in [1.82, 2.24) is 24.9 Å². The molecule has 1 aliphatic carbocycles. The SMILES string of the molecule is CCc1nnc([C@]23CCC[C@H]2CN(C(=O)Cc2cnn(C)c2C)C3)o1. The highest BCUT2D eigenvalue weighted by Crippen LogP contribution is 2.50. The molecule has 0 aromatic carbocycles. The Labute approximate surface area is 147 Å². The highest BCUT2D eigenvalue weighted by molar-refractivity contribution is 5.79. The predicted molar refractivity (Wildman–Crippen MR) is 90.9 cm³/mol. The monoisotopic (exact) mass is 343 g/mol. The van der Waals surface area contributed by atoms with E-state index in [2.05, 4.69) is 15.3 Å². The summed E-state index contributed by atoms with van der Waals surface area (Å²) in [5.41, 5.74) is 1.91. The lowest BCUT2D eigenvalue weighted by Crippen LogP contribution is -2.35. The van der Waals surface area contributed by atoms with Crippen LogP contribution in [-0.2, 0) is 30.1 Å². The van der Waals surface area contributed by atoms with Crippen molar-refractivity contribution in [3.63, 3.8) is 0 Å². The third kappa shape index (κ3) is 2.56. The molecule has 0 bridgehead atoms. The molecule has 2 aliphatic rings. The zero-order valence-corrected chi connectivity index (χ0v) is 15.2. The average molecular weight is 343 g/mol. The number of amides is 1. The number of rotatable bonds is 4. The standard InChI is InChI=1S/C18H25N5O2/c1-4-15-20-21-17(25-15)18-7-5-6-14(18)10-23(11-18)16(24)8-13-9-19-22(3)12(13)2/h9,14H,4-8,10-11H2,1-3H3/t14-,18-/m0/s1. The van der Waals surface area contributed by atoms with Gasteiger partial charge >= 0.3 is 0 Å². The van der Waals surface area contributed by atoms with Crippen LogP contribution in [-0.4, -0.2) is 43.9 Å². The maximum absolute atomic E-state index is 12.9. The first-order chi connectivity index (χ1) is 12.0. The fourth-order valence-corrected chi connectivity index (χ4v) is 4.42. The fraction of sp³-hybridized carbons (Fsp3) is 0.667. The summed E-state index contributed by atoms with van der Waals surface area (Å²) in [5.74, 6) is 2.02. The lowest BCUT2D eigenvalue weighted by Gasteiger charge is -2.24. The van der Waals surface area contributed by atoms with Crippen LogP contribution >= 0.6 is 0 Å². The minimum atomic E-state index is -0.139. The zero-order valence-electron chi connectivity index (χ0n) is 15.2. The Bertz CT molecular complexity index is 795.